The van der Waals surface area contributed by atoms with Crippen molar-refractivity contribution in [2.45, 2.75) is 19.4 Å². The summed E-state index contributed by atoms with van der Waals surface area (Å²) in [5.74, 6) is 0. The van der Waals surface area contributed by atoms with Gasteiger partial charge in [0, 0.05) is 19.1 Å². The van der Waals surface area contributed by atoms with Gasteiger partial charge in [0.05, 0.1) is 5.00 Å². The Kier molecular flexibility index (Phi) is 3.33. The summed E-state index contributed by atoms with van der Waals surface area (Å²) in [4.78, 5) is 2.28. The highest BCUT2D eigenvalue weighted by molar-refractivity contribution is 7.14. The molecule has 0 atom stereocenters. The molecule has 74 valence electrons. The van der Waals surface area contributed by atoms with Gasteiger partial charge in [0.1, 0.15) is 0 Å². The normalized spacial score (nSPS) is 11.7. The molecule has 1 aromatic heterocycles. The second-order valence-corrected chi connectivity index (χ2v) is 4.87. The van der Waals surface area contributed by atoms with Crippen LogP contribution in [0.2, 0.25) is 0 Å². The maximum Gasteiger partial charge on any atom is 0.0906 e. The molecule has 0 aliphatic rings. The average molecular weight is 198 g/mol. The van der Waals surface area contributed by atoms with E-state index in [9.17, 15) is 0 Å². The van der Waals surface area contributed by atoms with Gasteiger partial charge in [0.15, 0.2) is 0 Å². The summed E-state index contributed by atoms with van der Waals surface area (Å²) in [7, 11) is 4.13. The predicted molar refractivity (Wildman–Crippen MR) is 60.7 cm³/mol. The van der Waals surface area contributed by atoms with E-state index in [1.54, 1.807) is 11.3 Å². The number of nitrogens with one attached hydrogen (secondary N) is 1. The Morgan fingerprint density at radius 1 is 1.54 bits per heavy atom. The highest BCUT2D eigenvalue weighted by Crippen LogP contribution is 2.21. The molecule has 1 heterocycles. The number of hydrogen-bond acceptors (Lipinski definition) is 3. The molecule has 0 aliphatic heterocycles. The summed E-state index contributed by atoms with van der Waals surface area (Å²) < 4.78 is 0. The van der Waals surface area contributed by atoms with E-state index < -0.39 is 0 Å². The second-order valence-electron chi connectivity index (χ2n) is 3.94. The standard InChI is InChI=1S/C10H18N2S/c1-10(2,11-3)8-12(4)9-6-5-7-13-9/h5-7,11H,8H2,1-4H3. The molecule has 0 saturated heterocycles. The van der Waals surface area contributed by atoms with Crippen LogP contribution in [0.5, 0.6) is 0 Å². The van der Waals surface area contributed by atoms with Crippen molar-refractivity contribution in [3.8, 4) is 0 Å². The van der Waals surface area contributed by atoms with Gasteiger partial charge in [0.2, 0.25) is 0 Å². The second kappa shape index (κ2) is 4.11. The minimum atomic E-state index is 0.165. The minimum Gasteiger partial charge on any atom is -0.365 e. The zero-order valence-corrected chi connectivity index (χ0v) is 9.61. The summed E-state index contributed by atoms with van der Waals surface area (Å²) in [6.07, 6.45) is 0. The van der Waals surface area contributed by atoms with Crippen molar-refractivity contribution in [2.24, 2.45) is 0 Å². The third-order valence-electron chi connectivity index (χ3n) is 2.19. The summed E-state index contributed by atoms with van der Waals surface area (Å²) in [5, 5.41) is 6.73. The fourth-order valence-corrected chi connectivity index (χ4v) is 1.94. The van der Waals surface area contributed by atoms with E-state index in [1.807, 2.05) is 7.05 Å². The fraction of sp³-hybridized carbons (Fsp3) is 0.600. The van der Waals surface area contributed by atoms with Gasteiger partial charge >= 0.3 is 0 Å². The Labute approximate surface area is 84.6 Å². The quantitative estimate of drug-likeness (QED) is 0.798. The molecule has 0 spiro atoms. The molecule has 13 heavy (non-hydrogen) atoms. The third kappa shape index (κ3) is 3.01. The van der Waals surface area contributed by atoms with Gasteiger partial charge in [-0.05, 0) is 38.4 Å². The monoisotopic (exact) mass is 198 g/mol. The van der Waals surface area contributed by atoms with E-state index in [4.69, 9.17) is 0 Å². The van der Waals surface area contributed by atoms with Gasteiger partial charge in [0.25, 0.3) is 0 Å². The number of nitrogens with zero attached hydrogens (tertiary/aromatic N) is 1. The number of likely N-dealkylation sites (N-methyl/N-ethyl adjacent to an activating group) is 2. The van der Waals surface area contributed by atoms with E-state index >= 15 is 0 Å². The predicted octanol–water partition coefficient (Wildman–Crippen LogP) is 2.18. The number of anilines is 1. The van der Waals surface area contributed by atoms with Crippen molar-refractivity contribution in [1.82, 2.24) is 5.32 Å². The van der Waals surface area contributed by atoms with E-state index in [0.29, 0.717) is 0 Å². The van der Waals surface area contributed by atoms with Crippen molar-refractivity contribution >= 4 is 16.3 Å². The van der Waals surface area contributed by atoms with Crippen LogP contribution >= 0.6 is 11.3 Å². The minimum absolute atomic E-state index is 0.165. The molecular weight excluding hydrogens is 180 g/mol. The van der Waals surface area contributed by atoms with Gasteiger partial charge in [-0.25, -0.2) is 0 Å². The first-order valence-corrected chi connectivity index (χ1v) is 5.37. The Balaban J connectivity index is 2.56. The van der Waals surface area contributed by atoms with E-state index in [0.717, 1.165) is 6.54 Å². The highest BCUT2D eigenvalue weighted by Gasteiger charge is 2.17. The molecule has 0 amide bonds. The van der Waals surface area contributed by atoms with Crippen molar-refractivity contribution in [3.63, 3.8) is 0 Å². The maximum atomic E-state index is 3.30. The van der Waals surface area contributed by atoms with Crippen LogP contribution in [0.15, 0.2) is 17.5 Å². The topological polar surface area (TPSA) is 15.3 Å². The van der Waals surface area contributed by atoms with Gasteiger partial charge in [-0.1, -0.05) is 0 Å². The van der Waals surface area contributed by atoms with E-state index in [1.165, 1.54) is 5.00 Å². The lowest BCUT2D eigenvalue weighted by molar-refractivity contribution is 0.429. The van der Waals surface area contributed by atoms with Crippen LogP contribution in [0.25, 0.3) is 0 Å². The van der Waals surface area contributed by atoms with Gasteiger partial charge in [-0.3, -0.25) is 0 Å². The molecule has 1 aromatic rings. The van der Waals surface area contributed by atoms with Crippen LogP contribution in [0.4, 0.5) is 5.00 Å². The summed E-state index contributed by atoms with van der Waals surface area (Å²) in [6.45, 7) is 5.43. The molecule has 0 aliphatic carbocycles. The first-order valence-electron chi connectivity index (χ1n) is 4.49. The molecule has 0 saturated carbocycles. The average Bonchev–Trinajstić information content (AvgIpc) is 2.55. The first kappa shape index (κ1) is 10.5. The lowest BCUT2D eigenvalue weighted by Crippen LogP contribution is -2.46. The SMILES string of the molecule is CNC(C)(C)CN(C)c1cccs1. The van der Waals surface area contributed by atoms with Crippen molar-refractivity contribution in [2.75, 3.05) is 25.5 Å². The van der Waals surface area contributed by atoms with Crippen LogP contribution in [0.3, 0.4) is 0 Å². The molecule has 0 bridgehead atoms. The molecule has 0 radical (unpaired) electrons. The Bertz CT molecular complexity index is 241. The van der Waals surface area contributed by atoms with Crippen LogP contribution < -0.4 is 10.2 Å². The molecule has 1 N–H and O–H groups in total. The zero-order valence-electron chi connectivity index (χ0n) is 8.79. The van der Waals surface area contributed by atoms with Gasteiger partial charge in [-0.15, -0.1) is 11.3 Å². The Morgan fingerprint density at radius 3 is 2.69 bits per heavy atom. The molecule has 2 nitrogen and oxygen atoms in total. The molecular formula is C10H18N2S. The first-order chi connectivity index (χ1) is 6.05. The molecule has 0 unspecified atom stereocenters. The number of thiophene rings is 1. The lowest BCUT2D eigenvalue weighted by atomic mass is 10.1. The molecule has 1 rings (SSSR count). The van der Waals surface area contributed by atoms with E-state index in [2.05, 4.69) is 48.6 Å². The molecule has 3 heteroatoms. The number of hydrogen-bond donors (Lipinski definition) is 1. The van der Waals surface area contributed by atoms with E-state index in [-0.39, 0.29) is 5.54 Å². The zero-order chi connectivity index (χ0) is 9.90. The Hall–Kier alpha value is -0.540. The smallest absolute Gasteiger partial charge is 0.0906 e. The maximum absolute atomic E-state index is 3.30. The van der Waals surface area contributed by atoms with Crippen molar-refractivity contribution in [3.05, 3.63) is 17.5 Å². The number of rotatable bonds is 4. The van der Waals surface area contributed by atoms with Gasteiger partial charge < -0.3 is 10.2 Å². The van der Waals surface area contributed by atoms with Gasteiger partial charge in [-0.2, -0.15) is 0 Å². The highest BCUT2D eigenvalue weighted by atomic mass is 32.1. The van der Waals surface area contributed by atoms with Crippen LogP contribution in [-0.2, 0) is 0 Å². The summed E-state index contributed by atoms with van der Waals surface area (Å²) >= 11 is 1.78. The Morgan fingerprint density at radius 2 is 2.23 bits per heavy atom. The summed E-state index contributed by atoms with van der Waals surface area (Å²) in [5.41, 5.74) is 0.165. The fourth-order valence-electron chi connectivity index (χ4n) is 1.24. The van der Waals surface area contributed by atoms with Crippen LogP contribution in [0, 0.1) is 0 Å². The van der Waals surface area contributed by atoms with Crippen molar-refractivity contribution < 1.29 is 0 Å². The van der Waals surface area contributed by atoms with Crippen molar-refractivity contribution in [1.29, 1.82) is 0 Å². The summed E-state index contributed by atoms with van der Waals surface area (Å²) in [6, 6.07) is 4.24. The molecule has 0 aromatic carbocycles. The van der Waals surface area contributed by atoms with Crippen LogP contribution in [-0.4, -0.2) is 26.2 Å². The third-order valence-corrected chi connectivity index (χ3v) is 3.17. The van der Waals surface area contributed by atoms with Crippen LogP contribution in [0.1, 0.15) is 13.8 Å². The molecule has 0 fully saturated rings. The lowest BCUT2D eigenvalue weighted by Gasteiger charge is -2.30. The largest absolute Gasteiger partial charge is 0.365 e.